The largest absolute Gasteiger partial charge is 0.347 e. The van der Waals surface area contributed by atoms with Crippen molar-refractivity contribution >= 4 is 10.9 Å². The Bertz CT molecular complexity index is 690. The van der Waals surface area contributed by atoms with Gasteiger partial charge < -0.3 is 10.3 Å². The summed E-state index contributed by atoms with van der Waals surface area (Å²) in [6.07, 6.45) is 1.83. The lowest BCUT2D eigenvalue weighted by atomic mass is 9.97. The van der Waals surface area contributed by atoms with Crippen LogP contribution in [0.4, 0.5) is 0 Å². The predicted octanol–water partition coefficient (Wildman–Crippen LogP) is 2.97. The maximum Gasteiger partial charge on any atom is 0.0541 e. The van der Waals surface area contributed by atoms with Crippen molar-refractivity contribution < 1.29 is 0 Å². The van der Waals surface area contributed by atoms with Crippen molar-refractivity contribution in [1.82, 2.24) is 9.55 Å². The highest BCUT2D eigenvalue weighted by molar-refractivity contribution is 5.85. The van der Waals surface area contributed by atoms with Crippen LogP contribution in [0.5, 0.6) is 0 Å². The predicted molar refractivity (Wildman–Crippen MR) is 82.8 cm³/mol. The number of rotatable bonds is 3. The summed E-state index contributed by atoms with van der Waals surface area (Å²) >= 11 is 0. The molecule has 0 amide bonds. The van der Waals surface area contributed by atoms with E-state index in [1.807, 2.05) is 18.3 Å². The van der Waals surface area contributed by atoms with E-state index < -0.39 is 0 Å². The van der Waals surface area contributed by atoms with Crippen LogP contribution in [0.3, 0.4) is 0 Å². The second kappa shape index (κ2) is 5.10. The van der Waals surface area contributed by atoms with Crippen molar-refractivity contribution in [2.45, 2.75) is 12.8 Å². The van der Waals surface area contributed by atoms with Gasteiger partial charge in [-0.1, -0.05) is 24.3 Å². The number of pyridine rings is 1. The van der Waals surface area contributed by atoms with Crippen LogP contribution in [-0.2, 0) is 7.05 Å². The fourth-order valence-electron chi connectivity index (χ4n) is 3.05. The van der Waals surface area contributed by atoms with Gasteiger partial charge >= 0.3 is 0 Å². The van der Waals surface area contributed by atoms with Gasteiger partial charge in [0.05, 0.1) is 11.6 Å². The molecule has 0 spiro atoms. The highest BCUT2D eigenvalue weighted by Gasteiger charge is 2.21. The number of hydrogen-bond acceptors (Lipinski definition) is 2. The third-order valence-electron chi connectivity index (χ3n) is 4.03. The molecule has 20 heavy (non-hydrogen) atoms. The third-order valence-corrected chi connectivity index (χ3v) is 4.03. The smallest absolute Gasteiger partial charge is 0.0541 e. The average Bonchev–Trinajstić information content (AvgIpc) is 2.75. The van der Waals surface area contributed by atoms with Crippen LogP contribution in [-0.4, -0.2) is 16.1 Å². The van der Waals surface area contributed by atoms with E-state index in [0.29, 0.717) is 6.54 Å². The molecule has 2 N–H and O–H groups in total. The quantitative estimate of drug-likeness (QED) is 0.791. The van der Waals surface area contributed by atoms with Crippen molar-refractivity contribution in [2.24, 2.45) is 12.8 Å². The van der Waals surface area contributed by atoms with Gasteiger partial charge in [-0.2, -0.15) is 0 Å². The summed E-state index contributed by atoms with van der Waals surface area (Å²) in [5, 5.41) is 1.29. The minimum atomic E-state index is 0.133. The molecule has 0 aliphatic heterocycles. The monoisotopic (exact) mass is 265 g/mol. The molecule has 0 fully saturated rings. The van der Waals surface area contributed by atoms with E-state index in [9.17, 15) is 0 Å². The van der Waals surface area contributed by atoms with E-state index in [0.717, 1.165) is 5.69 Å². The first kappa shape index (κ1) is 12.9. The molecule has 2 aromatic heterocycles. The van der Waals surface area contributed by atoms with Crippen molar-refractivity contribution in [3.05, 3.63) is 65.6 Å². The SMILES string of the molecule is Cc1c(C(CN)c2ccccn2)n(C)c2ccccc12. The standard InChI is InChI=1S/C17H19N3/c1-12-13-7-3-4-9-16(13)20(2)17(12)14(11-18)15-8-5-6-10-19-15/h3-10,14H,11,18H2,1-2H3. The van der Waals surface area contributed by atoms with Gasteiger partial charge in [-0.15, -0.1) is 0 Å². The van der Waals surface area contributed by atoms with Gasteiger partial charge in [0.1, 0.15) is 0 Å². The van der Waals surface area contributed by atoms with Gasteiger partial charge in [-0.25, -0.2) is 0 Å². The lowest BCUT2D eigenvalue weighted by Gasteiger charge is -2.17. The van der Waals surface area contributed by atoms with Crippen LogP contribution in [0.15, 0.2) is 48.7 Å². The highest BCUT2D eigenvalue weighted by atomic mass is 15.0. The molecule has 3 nitrogen and oxygen atoms in total. The molecule has 0 aliphatic carbocycles. The first-order valence-corrected chi connectivity index (χ1v) is 6.89. The summed E-state index contributed by atoms with van der Waals surface area (Å²) < 4.78 is 2.25. The number of nitrogens with zero attached hydrogens (tertiary/aromatic N) is 2. The van der Waals surface area contributed by atoms with E-state index in [1.165, 1.54) is 22.2 Å². The van der Waals surface area contributed by atoms with Gasteiger partial charge in [0, 0.05) is 36.4 Å². The van der Waals surface area contributed by atoms with Crippen LogP contribution in [0.1, 0.15) is 22.9 Å². The number of aromatic nitrogens is 2. The molecule has 0 saturated heterocycles. The minimum Gasteiger partial charge on any atom is -0.347 e. The minimum absolute atomic E-state index is 0.133. The number of hydrogen-bond donors (Lipinski definition) is 1. The first-order valence-electron chi connectivity index (χ1n) is 6.89. The summed E-state index contributed by atoms with van der Waals surface area (Å²) in [5.74, 6) is 0.133. The number of fused-ring (bicyclic) bond motifs is 1. The first-order chi connectivity index (χ1) is 9.74. The van der Waals surface area contributed by atoms with Crippen molar-refractivity contribution in [1.29, 1.82) is 0 Å². The van der Waals surface area contributed by atoms with Crippen LogP contribution in [0, 0.1) is 6.92 Å². The van der Waals surface area contributed by atoms with Gasteiger partial charge in [-0.3, -0.25) is 4.98 Å². The zero-order valence-corrected chi connectivity index (χ0v) is 11.9. The molecule has 3 heteroatoms. The Morgan fingerprint density at radius 1 is 1.15 bits per heavy atom. The molecule has 0 saturated carbocycles. The van der Waals surface area contributed by atoms with E-state index in [1.54, 1.807) is 0 Å². The Morgan fingerprint density at radius 3 is 2.55 bits per heavy atom. The molecule has 0 radical (unpaired) electrons. The Labute approximate surface area is 119 Å². The van der Waals surface area contributed by atoms with Crippen LogP contribution >= 0.6 is 0 Å². The van der Waals surface area contributed by atoms with E-state index in [2.05, 4.69) is 53.9 Å². The Morgan fingerprint density at radius 2 is 1.90 bits per heavy atom. The summed E-state index contributed by atoms with van der Waals surface area (Å²) in [6, 6.07) is 14.5. The van der Waals surface area contributed by atoms with Crippen LogP contribution < -0.4 is 5.73 Å². The maximum absolute atomic E-state index is 6.04. The molecule has 1 unspecified atom stereocenters. The summed E-state index contributed by atoms with van der Waals surface area (Å²) in [5.41, 5.74) is 10.9. The molecule has 3 aromatic rings. The van der Waals surface area contributed by atoms with Crippen molar-refractivity contribution in [2.75, 3.05) is 6.54 Å². The Hall–Kier alpha value is -2.13. The zero-order valence-electron chi connectivity index (χ0n) is 11.9. The molecule has 1 aromatic carbocycles. The lowest BCUT2D eigenvalue weighted by molar-refractivity contribution is 0.711. The number of nitrogens with two attached hydrogens (primary N) is 1. The van der Waals surface area contributed by atoms with Crippen LogP contribution in [0.2, 0.25) is 0 Å². The lowest BCUT2D eigenvalue weighted by Crippen LogP contribution is -2.18. The van der Waals surface area contributed by atoms with Crippen molar-refractivity contribution in [3.63, 3.8) is 0 Å². The Balaban J connectivity index is 2.23. The van der Waals surface area contributed by atoms with Gasteiger partial charge in [-0.05, 0) is 30.7 Å². The molecule has 102 valence electrons. The molecule has 3 rings (SSSR count). The van der Waals surface area contributed by atoms with Crippen LogP contribution in [0.25, 0.3) is 10.9 Å². The van der Waals surface area contributed by atoms with Crippen molar-refractivity contribution in [3.8, 4) is 0 Å². The summed E-state index contributed by atoms with van der Waals surface area (Å²) in [4.78, 5) is 4.49. The number of aryl methyl sites for hydroxylation is 2. The second-order valence-electron chi connectivity index (χ2n) is 5.13. The summed E-state index contributed by atoms with van der Waals surface area (Å²) in [6.45, 7) is 2.73. The summed E-state index contributed by atoms with van der Waals surface area (Å²) in [7, 11) is 2.11. The third kappa shape index (κ3) is 1.91. The molecular weight excluding hydrogens is 246 g/mol. The maximum atomic E-state index is 6.04. The highest BCUT2D eigenvalue weighted by Crippen LogP contribution is 2.32. The molecule has 2 heterocycles. The fraction of sp³-hybridized carbons (Fsp3) is 0.235. The molecule has 1 atom stereocenters. The average molecular weight is 265 g/mol. The number of para-hydroxylation sites is 1. The van der Waals surface area contributed by atoms with E-state index in [-0.39, 0.29) is 5.92 Å². The molecule has 0 bridgehead atoms. The van der Waals surface area contributed by atoms with Gasteiger partial charge in [0.25, 0.3) is 0 Å². The van der Waals surface area contributed by atoms with Gasteiger partial charge in [0.15, 0.2) is 0 Å². The zero-order chi connectivity index (χ0) is 14.1. The number of benzene rings is 1. The topological polar surface area (TPSA) is 43.8 Å². The molecular formula is C17H19N3. The second-order valence-corrected chi connectivity index (χ2v) is 5.13. The van der Waals surface area contributed by atoms with E-state index >= 15 is 0 Å². The Kier molecular flexibility index (Phi) is 3.28. The van der Waals surface area contributed by atoms with Gasteiger partial charge in [0.2, 0.25) is 0 Å². The molecule has 0 aliphatic rings. The normalized spacial score (nSPS) is 12.8. The fourth-order valence-corrected chi connectivity index (χ4v) is 3.05. The van der Waals surface area contributed by atoms with E-state index in [4.69, 9.17) is 5.73 Å².